The number of hydrogen-bond donors (Lipinski definition) is 0. The van der Waals surface area contributed by atoms with Crippen LogP contribution >= 0.6 is 46.4 Å². The standard InChI is InChI=1S/2C18H15Cl2.C2H7Si.2ClH.Zr/c2*1-11-8-9-14(13-6-4-3-5-7-13)17-15(11)10-12(2)16(17)18(19)20;1-3-2;;;/h2*3-10,18H,1-2H3;3H,1-2H3;2*1H;/q2*-1;;;;+4/p-2. The Labute approximate surface area is 328 Å². The van der Waals surface area contributed by atoms with E-state index in [4.69, 9.17) is 46.4 Å². The van der Waals surface area contributed by atoms with Gasteiger partial charge in [0.15, 0.2) is 0 Å². The van der Waals surface area contributed by atoms with E-state index in [2.05, 4.69) is 126 Å². The fourth-order valence-corrected chi connectivity index (χ4v) is 6.79. The molecule has 0 fully saturated rings. The third-order valence-electron chi connectivity index (χ3n) is 7.64. The second-order valence-corrected chi connectivity index (χ2v) is 14.2. The number of halogens is 6. The summed E-state index contributed by atoms with van der Waals surface area (Å²) in [5, 5.41) is 4.85. The molecule has 6 rings (SSSR count). The fraction of sp³-hybridized carbons (Fsp3) is 0.211. The molecule has 0 unspecified atom stereocenters. The van der Waals surface area contributed by atoms with Gasteiger partial charge in [0.1, 0.15) is 0 Å². The molecule has 0 saturated carbocycles. The van der Waals surface area contributed by atoms with Gasteiger partial charge in [-0.15, -0.1) is 126 Å². The predicted molar refractivity (Wildman–Crippen MR) is 197 cm³/mol. The Bertz CT molecular complexity index is 1670. The third-order valence-corrected chi connectivity index (χ3v) is 8.52. The van der Waals surface area contributed by atoms with Crippen molar-refractivity contribution in [3.63, 3.8) is 0 Å². The molecular formula is C38H37Cl6SiZr. The molecule has 8 heteroatoms. The number of benzene rings is 4. The van der Waals surface area contributed by atoms with Gasteiger partial charge >= 0.3 is 26.2 Å². The molecule has 0 aromatic heterocycles. The maximum absolute atomic E-state index is 6.21. The van der Waals surface area contributed by atoms with E-state index in [1.807, 2.05) is 12.1 Å². The van der Waals surface area contributed by atoms with Crippen molar-refractivity contribution >= 4 is 77.5 Å². The minimum absolute atomic E-state index is 0. The van der Waals surface area contributed by atoms with Crippen LogP contribution in [0.3, 0.4) is 0 Å². The SMILES string of the molecule is C[SiH]C.Cc1[cH-]c2c(C)ccc(-c3ccccc3)c2c1C(Cl)Cl.Cc1[cH-]c2c(C)ccc(-c3ccccc3)c2c1C(Cl)Cl.[Cl-].[Cl-].[Zr+4]. The number of hydrogen-bond acceptors (Lipinski definition) is 0. The molecule has 0 N–H and O–H groups in total. The largest absolute Gasteiger partial charge is 4.00 e. The van der Waals surface area contributed by atoms with Gasteiger partial charge in [-0.2, -0.15) is 0 Å². The van der Waals surface area contributed by atoms with Crippen molar-refractivity contribution in [1.29, 1.82) is 0 Å². The summed E-state index contributed by atoms with van der Waals surface area (Å²) in [7, 11) is 0.750. The van der Waals surface area contributed by atoms with E-state index in [-0.39, 0.29) is 51.0 Å². The summed E-state index contributed by atoms with van der Waals surface area (Å²) in [6.45, 7) is 12.8. The molecule has 0 amide bonds. The molecule has 0 bridgehead atoms. The molecule has 239 valence electrons. The normalized spacial score (nSPS) is 10.3. The first kappa shape index (κ1) is 43.0. The molecule has 1 radical (unpaired) electrons. The minimum Gasteiger partial charge on any atom is -1.00 e. The van der Waals surface area contributed by atoms with E-state index >= 15 is 0 Å². The van der Waals surface area contributed by atoms with Gasteiger partial charge in [0, 0.05) is 9.52 Å². The van der Waals surface area contributed by atoms with Gasteiger partial charge in [-0.1, -0.05) is 125 Å². The molecule has 0 aliphatic carbocycles. The molecule has 0 heterocycles. The van der Waals surface area contributed by atoms with Crippen molar-refractivity contribution in [3.05, 3.63) is 130 Å². The van der Waals surface area contributed by atoms with E-state index in [1.165, 1.54) is 54.9 Å². The minimum atomic E-state index is -0.503. The van der Waals surface area contributed by atoms with Crippen molar-refractivity contribution in [2.45, 2.75) is 50.5 Å². The quantitative estimate of drug-likeness (QED) is 0.101. The summed E-state index contributed by atoms with van der Waals surface area (Å²) in [4.78, 5) is -1.01. The van der Waals surface area contributed by atoms with Crippen LogP contribution in [0.4, 0.5) is 0 Å². The van der Waals surface area contributed by atoms with Gasteiger partial charge in [0.25, 0.3) is 0 Å². The van der Waals surface area contributed by atoms with E-state index in [1.54, 1.807) is 0 Å². The van der Waals surface area contributed by atoms with Gasteiger partial charge in [0.2, 0.25) is 0 Å². The first-order chi connectivity index (χ1) is 20.6. The Hall–Kier alpha value is -1.06. The molecule has 0 saturated heterocycles. The number of rotatable bonds is 4. The van der Waals surface area contributed by atoms with Crippen molar-refractivity contribution in [2.24, 2.45) is 0 Å². The van der Waals surface area contributed by atoms with Crippen LogP contribution in [0.25, 0.3) is 43.8 Å². The summed E-state index contributed by atoms with van der Waals surface area (Å²) in [5.74, 6) is 0. The first-order valence-electron chi connectivity index (χ1n) is 14.4. The smallest absolute Gasteiger partial charge is 1.00 e. The Morgan fingerprint density at radius 2 is 0.826 bits per heavy atom. The van der Waals surface area contributed by atoms with Gasteiger partial charge in [0.05, 0.1) is 9.67 Å². The number of aryl methyl sites for hydroxylation is 4. The molecule has 0 nitrogen and oxygen atoms in total. The Morgan fingerprint density at radius 3 is 1.11 bits per heavy atom. The number of fused-ring (bicyclic) bond motifs is 2. The molecule has 46 heavy (non-hydrogen) atoms. The average molecular weight is 826 g/mol. The van der Waals surface area contributed by atoms with Crippen molar-refractivity contribution in [1.82, 2.24) is 0 Å². The van der Waals surface area contributed by atoms with Gasteiger partial charge < -0.3 is 24.8 Å². The zero-order chi connectivity index (χ0) is 31.3. The summed E-state index contributed by atoms with van der Waals surface area (Å²) < 4.78 is 0. The zero-order valence-corrected chi connectivity index (χ0v) is 34.9. The van der Waals surface area contributed by atoms with Crippen LogP contribution in [-0.4, -0.2) is 9.52 Å². The molecule has 0 aliphatic heterocycles. The van der Waals surface area contributed by atoms with Crippen LogP contribution in [0, 0.1) is 27.7 Å². The maximum Gasteiger partial charge on any atom is 4.00 e. The predicted octanol–water partition coefficient (Wildman–Crippen LogP) is 7.16. The van der Waals surface area contributed by atoms with Crippen molar-refractivity contribution in [2.75, 3.05) is 0 Å². The molecule has 0 atom stereocenters. The molecule has 6 aromatic rings. The monoisotopic (exact) mass is 821 g/mol. The van der Waals surface area contributed by atoms with Crippen LogP contribution in [0.1, 0.15) is 43.1 Å². The molecule has 0 spiro atoms. The zero-order valence-electron chi connectivity index (χ0n) is 26.7. The summed E-state index contributed by atoms with van der Waals surface area (Å²) in [5.41, 5.74) is 11.7. The first-order valence-corrected chi connectivity index (χ1v) is 18.5. The molecule has 0 aliphatic rings. The fourth-order valence-electron chi connectivity index (χ4n) is 5.66. The Kier molecular flexibility index (Phi) is 18.5. The van der Waals surface area contributed by atoms with Crippen LogP contribution < -0.4 is 24.8 Å². The van der Waals surface area contributed by atoms with Crippen LogP contribution in [0.5, 0.6) is 0 Å². The van der Waals surface area contributed by atoms with Gasteiger partial charge in [-0.3, -0.25) is 0 Å². The Morgan fingerprint density at radius 1 is 0.522 bits per heavy atom. The van der Waals surface area contributed by atoms with E-state index < -0.39 is 9.67 Å². The van der Waals surface area contributed by atoms with Crippen LogP contribution in [-0.2, 0) is 26.2 Å². The van der Waals surface area contributed by atoms with E-state index in [0.29, 0.717) is 0 Å². The van der Waals surface area contributed by atoms with Crippen LogP contribution in [0.2, 0.25) is 13.1 Å². The van der Waals surface area contributed by atoms with Crippen molar-refractivity contribution < 1.29 is 51.0 Å². The topological polar surface area (TPSA) is 0 Å². The Balaban J connectivity index is 0.000000400. The van der Waals surface area contributed by atoms with E-state index in [9.17, 15) is 0 Å². The molecule has 6 aromatic carbocycles. The average Bonchev–Trinajstić information content (AvgIpc) is 3.53. The van der Waals surface area contributed by atoms with Crippen LogP contribution in [0.15, 0.2) is 97.1 Å². The maximum atomic E-state index is 6.21. The van der Waals surface area contributed by atoms with Gasteiger partial charge in [-0.05, 0) is 11.1 Å². The second kappa shape index (κ2) is 19.8. The van der Waals surface area contributed by atoms with Gasteiger partial charge in [-0.25, -0.2) is 0 Å². The summed E-state index contributed by atoms with van der Waals surface area (Å²) in [6, 6.07) is 33.7. The summed E-state index contributed by atoms with van der Waals surface area (Å²) in [6.07, 6.45) is 0. The van der Waals surface area contributed by atoms with Crippen molar-refractivity contribution in [3.8, 4) is 22.3 Å². The molecular weight excluding hydrogens is 788 g/mol. The second-order valence-electron chi connectivity index (χ2n) is 10.8. The number of alkyl halides is 4. The summed E-state index contributed by atoms with van der Waals surface area (Å²) >= 11 is 24.8. The van der Waals surface area contributed by atoms with E-state index in [0.717, 1.165) is 31.8 Å². The third kappa shape index (κ3) is 9.55.